The number of ether oxygens (including phenoxy) is 1. The molecule has 0 saturated heterocycles. The maximum Gasteiger partial charge on any atom is 0.276 e. The van der Waals surface area contributed by atoms with Crippen molar-refractivity contribution in [1.82, 2.24) is 15.5 Å². The normalized spacial score (nSPS) is 13.3. The summed E-state index contributed by atoms with van der Waals surface area (Å²) in [5, 5.41) is 13.0. The van der Waals surface area contributed by atoms with Crippen LogP contribution in [-0.4, -0.2) is 35.8 Å². The molecule has 0 bridgehead atoms. The van der Waals surface area contributed by atoms with Crippen LogP contribution in [0.3, 0.4) is 0 Å². The maximum absolute atomic E-state index is 14.2. The van der Waals surface area contributed by atoms with Crippen LogP contribution in [0.25, 0.3) is 0 Å². The molecule has 0 saturated carbocycles. The molecule has 1 heterocycles. The Balaban J connectivity index is 1.59. The molecule has 3 rings (SSSR count). The minimum Gasteiger partial charge on any atom is -0.489 e. The molecule has 3 N–H and O–H groups in total. The van der Waals surface area contributed by atoms with Crippen molar-refractivity contribution < 1.29 is 13.9 Å². The number of aromatic amines is 1. The smallest absolute Gasteiger partial charge is 0.276 e. The summed E-state index contributed by atoms with van der Waals surface area (Å²) in [6.07, 6.45) is 4.98. The quantitative estimate of drug-likeness (QED) is 0.632. The minimum atomic E-state index is -0.498. The van der Waals surface area contributed by atoms with Gasteiger partial charge < -0.3 is 15.4 Å². The molecule has 0 spiro atoms. The number of aryl methyl sites for hydroxylation is 1. The van der Waals surface area contributed by atoms with Crippen LogP contribution in [0.2, 0.25) is 0 Å². The zero-order valence-electron chi connectivity index (χ0n) is 15.0. The van der Waals surface area contributed by atoms with Gasteiger partial charge in [-0.05, 0) is 50.8 Å². The molecular weight excluding hydrogens is 335 g/mol. The summed E-state index contributed by atoms with van der Waals surface area (Å²) >= 11 is 0. The number of carbonyl (C=O) groups is 1. The number of nitrogens with zero attached hydrogens (tertiary/aromatic N) is 1. The molecule has 1 aromatic heterocycles. The molecule has 1 aliphatic rings. The number of benzene rings is 1. The lowest BCUT2D eigenvalue weighted by atomic mass is 9.96. The Morgan fingerprint density at radius 3 is 2.96 bits per heavy atom. The number of rotatable bonds is 8. The minimum absolute atomic E-state index is 0.179. The Kier molecular flexibility index (Phi) is 6.22. The molecule has 7 heteroatoms. The number of H-pyrrole nitrogens is 1. The lowest BCUT2D eigenvalue weighted by Gasteiger charge is -2.12. The van der Waals surface area contributed by atoms with Gasteiger partial charge in [-0.1, -0.05) is 6.92 Å². The zero-order valence-corrected chi connectivity index (χ0v) is 15.0. The fraction of sp³-hybridized carbons (Fsp3) is 0.474. The molecule has 6 nitrogen and oxygen atoms in total. The number of nitrogens with one attached hydrogen (secondary N) is 3. The zero-order chi connectivity index (χ0) is 18.4. The Morgan fingerprint density at radius 1 is 1.31 bits per heavy atom. The number of halogens is 1. The van der Waals surface area contributed by atoms with Crippen molar-refractivity contribution in [3.05, 3.63) is 41.0 Å². The van der Waals surface area contributed by atoms with Gasteiger partial charge in [0.25, 0.3) is 5.91 Å². The van der Waals surface area contributed by atoms with Crippen molar-refractivity contribution >= 4 is 11.6 Å². The topological polar surface area (TPSA) is 79.0 Å². The molecule has 0 fully saturated rings. The van der Waals surface area contributed by atoms with Crippen LogP contribution in [0.1, 0.15) is 47.9 Å². The number of hydrogen-bond donors (Lipinski definition) is 3. The molecule has 0 aliphatic heterocycles. The molecule has 0 radical (unpaired) electrons. The van der Waals surface area contributed by atoms with E-state index >= 15 is 0 Å². The van der Waals surface area contributed by atoms with Crippen molar-refractivity contribution in [2.45, 2.75) is 39.0 Å². The van der Waals surface area contributed by atoms with Gasteiger partial charge in [-0.15, -0.1) is 0 Å². The first-order valence-electron chi connectivity index (χ1n) is 9.19. The van der Waals surface area contributed by atoms with Crippen molar-refractivity contribution in [2.24, 2.45) is 0 Å². The van der Waals surface area contributed by atoms with Crippen LogP contribution in [-0.2, 0) is 12.8 Å². The Bertz CT molecular complexity index is 760. The van der Waals surface area contributed by atoms with Crippen molar-refractivity contribution in [3.8, 4) is 5.75 Å². The highest BCUT2D eigenvalue weighted by atomic mass is 19.1. The second-order valence-corrected chi connectivity index (χ2v) is 6.43. The van der Waals surface area contributed by atoms with E-state index in [0.717, 1.165) is 49.9 Å². The van der Waals surface area contributed by atoms with Crippen LogP contribution < -0.4 is 15.4 Å². The molecule has 26 heavy (non-hydrogen) atoms. The lowest BCUT2D eigenvalue weighted by molar-refractivity contribution is 0.102. The number of fused-ring (bicyclic) bond motifs is 1. The third-order valence-corrected chi connectivity index (χ3v) is 4.42. The van der Waals surface area contributed by atoms with Crippen LogP contribution >= 0.6 is 0 Å². The molecule has 1 aliphatic carbocycles. The van der Waals surface area contributed by atoms with Gasteiger partial charge in [0.1, 0.15) is 6.61 Å². The van der Waals surface area contributed by atoms with E-state index in [4.69, 9.17) is 4.74 Å². The third-order valence-electron chi connectivity index (χ3n) is 4.42. The van der Waals surface area contributed by atoms with Gasteiger partial charge in [0.15, 0.2) is 17.3 Å². The SMILES string of the molecule is CCCNCCOc1ccc(NC(=O)c2n[nH]c3c2CCCC3)cc1F. The predicted octanol–water partition coefficient (Wildman–Crippen LogP) is 3.06. The molecule has 1 amide bonds. The van der Waals surface area contributed by atoms with Gasteiger partial charge in [-0.3, -0.25) is 9.89 Å². The fourth-order valence-corrected chi connectivity index (χ4v) is 3.09. The highest BCUT2D eigenvalue weighted by molar-refractivity contribution is 6.04. The second kappa shape index (κ2) is 8.80. The predicted molar refractivity (Wildman–Crippen MR) is 98.2 cm³/mol. The van der Waals surface area contributed by atoms with Crippen molar-refractivity contribution in [1.29, 1.82) is 0 Å². The number of anilines is 1. The molecule has 0 atom stereocenters. The lowest BCUT2D eigenvalue weighted by Crippen LogP contribution is -2.21. The molecule has 0 unspecified atom stereocenters. The first-order chi connectivity index (χ1) is 12.7. The van der Waals surface area contributed by atoms with Gasteiger partial charge in [0.2, 0.25) is 0 Å². The number of hydrogen-bond acceptors (Lipinski definition) is 4. The Hall–Kier alpha value is -2.41. The summed E-state index contributed by atoms with van der Waals surface area (Å²) in [5.41, 5.74) is 2.81. The summed E-state index contributed by atoms with van der Waals surface area (Å²) in [4.78, 5) is 12.5. The number of amides is 1. The van der Waals surface area contributed by atoms with Gasteiger partial charge in [-0.25, -0.2) is 4.39 Å². The van der Waals surface area contributed by atoms with Gasteiger partial charge >= 0.3 is 0 Å². The summed E-state index contributed by atoms with van der Waals surface area (Å²) < 4.78 is 19.6. The second-order valence-electron chi connectivity index (χ2n) is 6.43. The largest absolute Gasteiger partial charge is 0.489 e. The van der Waals surface area contributed by atoms with E-state index in [-0.39, 0.29) is 11.7 Å². The first kappa shape index (κ1) is 18.4. The van der Waals surface area contributed by atoms with Crippen molar-refractivity contribution in [3.63, 3.8) is 0 Å². The van der Waals surface area contributed by atoms with Crippen LogP contribution in [0, 0.1) is 5.82 Å². The Morgan fingerprint density at radius 2 is 2.15 bits per heavy atom. The van der Waals surface area contributed by atoms with Crippen LogP contribution in [0.5, 0.6) is 5.75 Å². The standard InChI is InChI=1S/C19H25FN4O2/c1-2-9-21-10-11-26-17-8-7-13(12-15(17)20)22-19(25)18-14-5-3-4-6-16(14)23-24-18/h7-8,12,21H,2-6,9-11H2,1H3,(H,22,25)(H,23,24). The third kappa shape index (κ3) is 4.40. The maximum atomic E-state index is 14.2. The van der Waals surface area contributed by atoms with E-state index in [9.17, 15) is 9.18 Å². The molecular formula is C19H25FN4O2. The highest BCUT2D eigenvalue weighted by Gasteiger charge is 2.22. The van der Waals surface area contributed by atoms with Crippen LogP contribution in [0.4, 0.5) is 10.1 Å². The van der Waals surface area contributed by atoms with E-state index in [1.54, 1.807) is 6.07 Å². The average molecular weight is 360 g/mol. The summed E-state index contributed by atoms with van der Waals surface area (Å²) in [7, 11) is 0. The number of aromatic nitrogens is 2. The van der Waals surface area contributed by atoms with Crippen molar-refractivity contribution in [2.75, 3.05) is 25.0 Å². The van der Waals surface area contributed by atoms with Crippen LogP contribution in [0.15, 0.2) is 18.2 Å². The van der Waals surface area contributed by atoms with E-state index < -0.39 is 5.82 Å². The van der Waals surface area contributed by atoms with E-state index in [1.807, 2.05) is 0 Å². The summed E-state index contributed by atoms with van der Waals surface area (Å²) in [5.74, 6) is -0.637. The summed E-state index contributed by atoms with van der Waals surface area (Å²) in [6, 6.07) is 4.44. The van der Waals surface area contributed by atoms with Gasteiger partial charge in [-0.2, -0.15) is 5.10 Å². The Labute approximate surface area is 152 Å². The van der Waals surface area contributed by atoms with E-state index in [2.05, 4.69) is 27.8 Å². The van der Waals surface area contributed by atoms with Gasteiger partial charge in [0.05, 0.1) is 0 Å². The van der Waals surface area contributed by atoms with E-state index in [0.29, 0.717) is 24.5 Å². The van der Waals surface area contributed by atoms with E-state index in [1.165, 1.54) is 12.1 Å². The summed E-state index contributed by atoms with van der Waals surface area (Å²) in [6.45, 7) is 4.05. The number of carbonyl (C=O) groups excluding carboxylic acids is 1. The average Bonchev–Trinajstić information content (AvgIpc) is 3.07. The monoisotopic (exact) mass is 360 g/mol. The highest BCUT2D eigenvalue weighted by Crippen LogP contribution is 2.24. The fourth-order valence-electron chi connectivity index (χ4n) is 3.09. The molecule has 140 valence electrons. The van der Waals surface area contributed by atoms with Gasteiger partial charge in [0, 0.05) is 29.6 Å². The molecule has 2 aromatic rings. The first-order valence-corrected chi connectivity index (χ1v) is 9.19. The molecule has 1 aromatic carbocycles.